The Kier molecular flexibility index (Phi) is 2.60. The number of nitrogens with zero attached hydrogens (tertiary/aromatic N) is 3. The standard InChI is InChI=1S/C8H6ClN3OS/c9-7-1-8(13)12(4-11-7)3-6-2-10-5-14-6/h1-2,4-5H,3H2. The minimum absolute atomic E-state index is 0.154. The Bertz CT molecular complexity index is 480. The van der Waals surface area contributed by atoms with Crippen molar-refractivity contribution in [3.8, 4) is 0 Å². The maximum atomic E-state index is 11.4. The molecule has 0 aliphatic carbocycles. The molecular formula is C8H6ClN3OS. The highest BCUT2D eigenvalue weighted by molar-refractivity contribution is 7.09. The molecule has 0 saturated heterocycles. The van der Waals surface area contributed by atoms with Crippen LogP contribution in [0.15, 0.2) is 28.9 Å². The van der Waals surface area contributed by atoms with Gasteiger partial charge in [-0.25, -0.2) is 4.98 Å². The summed E-state index contributed by atoms with van der Waals surface area (Å²) in [6, 6.07) is 1.29. The van der Waals surface area contributed by atoms with E-state index in [2.05, 4.69) is 9.97 Å². The van der Waals surface area contributed by atoms with E-state index >= 15 is 0 Å². The van der Waals surface area contributed by atoms with Gasteiger partial charge in [-0.2, -0.15) is 0 Å². The summed E-state index contributed by atoms with van der Waals surface area (Å²) in [4.78, 5) is 20.2. The lowest BCUT2D eigenvalue weighted by Gasteiger charge is -2.01. The first-order chi connectivity index (χ1) is 6.75. The number of thiazole rings is 1. The molecule has 0 atom stereocenters. The highest BCUT2D eigenvalue weighted by atomic mass is 35.5. The Morgan fingerprint density at radius 3 is 3.07 bits per heavy atom. The maximum Gasteiger partial charge on any atom is 0.255 e. The van der Waals surface area contributed by atoms with Gasteiger partial charge in [0.25, 0.3) is 5.56 Å². The van der Waals surface area contributed by atoms with Crippen molar-refractivity contribution in [2.75, 3.05) is 0 Å². The molecule has 0 bridgehead atoms. The highest BCUT2D eigenvalue weighted by Gasteiger charge is 2.00. The maximum absolute atomic E-state index is 11.4. The smallest absolute Gasteiger partial charge is 0.255 e. The fourth-order valence-corrected chi connectivity index (χ4v) is 1.74. The quantitative estimate of drug-likeness (QED) is 0.729. The molecule has 0 aliphatic heterocycles. The summed E-state index contributed by atoms with van der Waals surface area (Å²) < 4.78 is 1.49. The van der Waals surface area contributed by atoms with Gasteiger partial charge in [0.2, 0.25) is 0 Å². The van der Waals surface area contributed by atoms with Crippen LogP contribution in [0, 0.1) is 0 Å². The van der Waals surface area contributed by atoms with Crippen molar-refractivity contribution in [3.63, 3.8) is 0 Å². The van der Waals surface area contributed by atoms with E-state index in [1.165, 1.54) is 28.3 Å². The number of hydrogen-bond acceptors (Lipinski definition) is 4. The Morgan fingerprint density at radius 1 is 1.57 bits per heavy atom. The van der Waals surface area contributed by atoms with Gasteiger partial charge in [0.1, 0.15) is 5.15 Å². The second-order valence-corrected chi connectivity index (χ2v) is 4.00. The van der Waals surface area contributed by atoms with Crippen molar-refractivity contribution >= 4 is 22.9 Å². The molecule has 4 nitrogen and oxygen atoms in total. The van der Waals surface area contributed by atoms with E-state index in [-0.39, 0.29) is 10.7 Å². The van der Waals surface area contributed by atoms with E-state index in [9.17, 15) is 4.79 Å². The van der Waals surface area contributed by atoms with Gasteiger partial charge < -0.3 is 0 Å². The molecule has 2 aromatic heterocycles. The van der Waals surface area contributed by atoms with Gasteiger partial charge in [0, 0.05) is 17.1 Å². The predicted molar refractivity (Wildman–Crippen MR) is 54.7 cm³/mol. The van der Waals surface area contributed by atoms with Crippen molar-refractivity contribution in [1.82, 2.24) is 14.5 Å². The van der Waals surface area contributed by atoms with Crippen LogP contribution in [0.5, 0.6) is 0 Å². The van der Waals surface area contributed by atoms with Crippen LogP contribution >= 0.6 is 22.9 Å². The normalized spacial score (nSPS) is 10.4. The van der Waals surface area contributed by atoms with E-state index in [0.717, 1.165) is 4.88 Å². The van der Waals surface area contributed by atoms with Crippen LogP contribution in [0.3, 0.4) is 0 Å². The van der Waals surface area contributed by atoms with Crippen molar-refractivity contribution in [1.29, 1.82) is 0 Å². The summed E-state index contributed by atoms with van der Waals surface area (Å²) in [5, 5.41) is 0.218. The third kappa shape index (κ3) is 2.00. The lowest BCUT2D eigenvalue weighted by Crippen LogP contribution is -2.19. The summed E-state index contributed by atoms with van der Waals surface area (Å²) in [6.07, 6.45) is 3.16. The lowest BCUT2D eigenvalue weighted by atomic mass is 10.5. The Morgan fingerprint density at radius 2 is 2.43 bits per heavy atom. The average molecular weight is 228 g/mol. The molecule has 0 aromatic carbocycles. The topological polar surface area (TPSA) is 47.8 Å². The molecule has 6 heteroatoms. The molecular weight excluding hydrogens is 222 g/mol. The minimum Gasteiger partial charge on any atom is -0.294 e. The first-order valence-corrected chi connectivity index (χ1v) is 5.11. The SMILES string of the molecule is O=c1cc(Cl)ncn1Cc1cncs1. The van der Waals surface area contributed by atoms with Gasteiger partial charge in [-0.1, -0.05) is 11.6 Å². The van der Waals surface area contributed by atoms with Crippen molar-refractivity contribution in [2.24, 2.45) is 0 Å². The molecule has 0 saturated carbocycles. The Balaban J connectivity index is 2.30. The molecule has 0 unspecified atom stereocenters. The van der Waals surface area contributed by atoms with E-state index in [1.807, 2.05) is 0 Å². The molecule has 0 N–H and O–H groups in total. The highest BCUT2D eigenvalue weighted by Crippen LogP contribution is 2.06. The second-order valence-electron chi connectivity index (χ2n) is 2.65. The molecule has 0 spiro atoms. The largest absolute Gasteiger partial charge is 0.294 e. The fourth-order valence-electron chi connectivity index (χ4n) is 1.01. The molecule has 0 fully saturated rings. The average Bonchev–Trinajstić information content (AvgIpc) is 2.62. The molecule has 2 rings (SSSR count). The van der Waals surface area contributed by atoms with Gasteiger partial charge in [0.05, 0.1) is 18.4 Å². The van der Waals surface area contributed by atoms with E-state index < -0.39 is 0 Å². The molecule has 14 heavy (non-hydrogen) atoms. The minimum atomic E-state index is -0.154. The van der Waals surface area contributed by atoms with Crippen LogP contribution in [-0.2, 0) is 6.54 Å². The Hall–Kier alpha value is -1.20. The summed E-state index contributed by atoms with van der Waals surface area (Å²) in [6.45, 7) is 0.494. The summed E-state index contributed by atoms with van der Waals surface area (Å²) >= 11 is 7.06. The summed E-state index contributed by atoms with van der Waals surface area (Å²) in [7, 11) is 0. The number of hydrogen-bond donors (Lipinski definition) is 0. The molecule has 0 radical (unpaired) electrons. The van der Waals surface area contributed by atoms with Crippen LogP contribution in [-0.4, -0.2) is 14.5 Å². The van der Waals surface area contributed by atoms with E-state index in [4.69, 9.17) is 11.6 Å². The zero-order chi connectivity index (χ0) is 9.97. The van der Waals surface area contributed by atoms with Gasteiger partial charge in [-0.3, -0.25) is 14.3 Å². The monoisotopic (exact) mass is 227 g/mol. The van der Waals surface area contributed by atoms with Crippen LogP contribution < -0.4 is 5.56 Å². The summed E-state index contributed by atoms with van der Waals surface area (Å²) in [5.41, 5.74) is 1.57. The zero-order valence-electron chi connectivity index (χ0n) is 7.05. The molecule has 0 amide bonds. The zero-order valence-corrected chi connectivity index (χ0v) is 8.63. The first-order valence-electron chi connectivity index (χ1n) is 3.85. The molecule has 2 heterocycles. The van der Waals surface area contributed by atoms with Gasteiger partial charge in [-0.15, -0.1) is 11.3 Å². The number of aromatic nitrogens is 3. The predicted octanol–water partition coefficient (Wildman–Crippen LogP) is 1.40. The van der Waals surface area contributed by atoms with Gasteiger partial charge >= 0.3 is 0 Å². The van der Waals surface area contributed by atoms with Crippen LogP contribution in [0.4, 0.5) is 0 Å². The summed E-state index contributed by atoms with van der Waals surface area (Å²) in [5.74, 6) is 0. The van der Waals surface area contributed by atoms with Gasteiger partial charge in [-0.05, 0) is 0 Å². The molecule has 2 aromatic rings. The third-order valence-corrected chi connectivity index (χ3v) is 2.63. The van der Waals surface area contributed by atoms with Crippen LogP contribution in [0.25, 0.3) is 0 Å². The Labute approximate surface area is 88.8 Å². The van der Waals surface area contributed by atoms with Crippen LogP contribution in [0.2, 0.25) is 5.15 Å². The second kappa shape index (κ2) is 3.89. The van der Waals surface area contributed by atoms with Crippen molar-refractivity contribution < 1.29 is 0 Å². The first kappa shape index (κ1) is 9.36. The lowest BCUT2D eigenvalue weighted by molar-refractivity contribution is 0.744. The fraction of sp³-hybridized carbons (Fsp3) is 0.125. The number of rotatable bonds is 2. The van der Waals surface area contributed by atoms with Gasteiger partial charge in [0.15, 0.2) is 0 Å². The molecule has 72 valence electrons. The van der Waals surface area contributed by atoms with E-state index in [1.54, 1.807) is 11.7 Å². The van der Waals surface area contributed by atoms with Crippen molar-refractivity contribution in [2.45, 2.75) is 6.54 Å². The number of halogens is 1. The van der Waals surface area contributed by atoms with E-state index in [0.29, 0.717) is 6.54 Å². The molecule has 0 aliphatic rings. The van der Waals surface area contributed by atoms with Crippen molar-refractivity contribution in [3.05, 3.63) is 44.5 Å². The van der Waals surface area contributed by atoms with Crippen LogP contribution in [0.1, 0.15) is 4.88 Å². The third-order valence-electron chi connectivity index (χ3n) is 1.66.